The fourth-order valence-corrected chi connectivity index (χ4v) is 12.1. The highest BCUT2D eigenvalue weighted by molar-refractivity contribution is 7.47. The smallest absolute Gasteiger partial charge is 0.462 e. The van der Waals surface area contributed by atoms with Gasteiger partial charge in [-0.1, -0.05) is 322 Å². The number of hydrogen-bond donors (Lipinski definition) is 3. The summed E-state index contributed by atoms with van der Waals surface area (Å²) < 4.78 is 68.5. The summed E-state index contributed by atoms with van der Waals surface area (Å²) in [6.45, 7) is 4.55. The first-order valence-electron chi connectivity index (χ1n) is 40.4. The van der Waals surface area contributed by atoms with E-state index in [9.17, 15) is 43.2 Å². The van der Waals surface area contributed by atoms with Crippen molar-refractivity contribution in [3.8, 4) is 0 Å². The second-order valence-electron chi connectivity index (χ2n) is 26.6. The minimum atomic E-state index is -4.99. The molecule has 0 bridgehead atoms. The summed E-state index contributed by atoms with van der Waals surface area (Å²) in [6, 6.07) is 0. The van der Waals surface area contributed by atoms with Crippen molar-refractivity contribution in [2.24, 2.45) is 0 Å². The average Bonchev–Trinajstić information content (AvgIpc) is 0.913. The van der Waals surface area contributed by atoms with E-state index in [-0.39, 0.29) is 25.7 Å². The molecular formula is C85H144O17P2. The number of allylic oxidation sites excluding steroid dienone is 22. The van der Waals surface area contributed by atoms with Gasteiger partial charge in [-0.25, -0.2) is 9.13 Å². The van der Waals surface area contributed by atoms with Gasteiger partial charge in [0.15, 0.2) is 12.2 Å². The molecule has 3 N–H and O–H groups in total. The highest BCUT2D eigenvalue weighted by Crippen LogP contribution is 2.45. The molecule has 104 heavy (non-hydrogen) atoms. The van der Waals surface area contributed by atoms with Crippen LogP contribution < -0.4 is 0 Å². The molecule has 5 atom stereocenters. The Bertz CT molecular complexity index is 2490. The maximum absolute atomic E-state index is 13.1. The molecule has 0 aliphatic carbocycles. The molecule has 0 aromatic heterocycles. The van der Waals surface area contributed by atoms with Crippen LogP contribution in [0.25, 0.3) is 0 Å². The molecule has 0 aromatic carbocycles. The van der Waals surface area contributed by atoms with E-state index in [1.165, 1.54) is 103 Å². The molecule has 0 saturated heterocycles. The molecule has 0 aromatic rings. The summed E-state index contributed by atoms with van der Waals surface area (Å²) in [7, 11) is -9.98. The normalized spacial score (nSPS) is 14.6. The van der Waals surface area contributed by atoms with Crippen molar-refractivity contribution in [1.82, 2.24) is 0 Å². The van der Waals surface area contributed by atoms with Gasteiger partial charge < -0.3 is 33.8 Å². The molecule has 0 aliphatic heterocycles. The third kappa shape index (κ3) is 75.4. The largest absolute Gasteiger partial charge is 0.472 e. The summed E-state index contributed by atoms with van der Waals surface area (Å²) in [5.74, 6) is -2.30. The lowest BCUT2D eigenvalue weighted by Gasteiger charge is -2.21. The Morgan fingerprint density at radius 2 is 0.519 bits per heavy atom. The number of ether oxygens (including phenoxy) is 4. The van der Waals surface area contributed by atoms with Crippen LogP contribution in [0.3, 0.4) is 0 Å². The minimum absolute atomic E-state index is 0.0354. The van der Waals surface area contributed by atoms with Crippen molar-refractivity contribution >= 4 is 39.5 Å². The maximum Gasteiger partial charge on any atom is 0.472 e. The Hall–Kier alpha value is -4.80. The zero-order valence-corrected chi connectivity index (χ0v) is 66.9. The minimum Gasteiger partial charge on any atom is -0.462 e. The number of aliphatic hydroxyl groups is 1. The topological polar surface area (TPSA) is 237 Å². The quantitative estimate of drug-likeness (QED) is 0.0169. The number of phosphoric ester groups is 2. The van der Waals surface area contributed by atoms with E-state index < -0.39 is 97.5 Å². The number of esters is 4. The van der Waals surface area contributed by atoms with Gasteiger partial charge >= 0.3 is 39.5 Å². The van der Waals surface area contributed by atoms with Gasteiger partial charge in [0.25, 0.3) is 0 Å². The lowest BCUT2D eigenvalue weighted by molar-refractivity contribution is -0.161. The summed E-state index contributed by atoms with van der Waals surface area (Å²) in [5.41, 5.74) is 0. The molecule has 0 radical (unpaired) electrons. The fraction of sp³-hybridized carbons (Fsp3) is 0.694. The molecule has 596 valence electrons. The highest BCUT2D eigenvalue weighted by Gasteiger charge is 2.30. The van der Waals surface area contributed by atoms with Crippen molar-refractivity contribution < 1.29 is 80.2 Å². The van der Waals surface area contributed by atoms with Gasteiger partial charge in [0, 0.05) is 25.7 Å². The second kappa shape index (κ2) is 76.4. The molecule has 0 saturated carbocycles. The molecule has 17 nitrogen and oxygen atoms in total. The number of rotatable bonds is 75. The first-order chi connectivity index (χ1) is 50.7. The van der Waals surface area contributed by atoms with Crippen LogP contribution in [0.1, 0.15) is 323 Å². The fourth-order valence-electron chi connectivity index (χ4n) is 10.6. The molecule has 0 spiro atoms. The summed E-state index contributed by atoms with van der Waals surface area (Å²) in [6.07, 6.45) is 85.9. The van der Waals surface area contributed by atoms with Crippen LogP contribution in [0.2, 0.25) is 0 Å². The molecule has 19 heteroatoms. The van der Waals surface area contributed by atoms with E-state index in [0.717, 1.165) is 135 Å². The second-order valence-corrected chi connectivity index (χ2v) is 29.5. The van der Waals surface area contributed by atoms with Crippen LogP contribution >= 0.6 is 15.6 Å². The van der Waals surface area contributed by atoms with Crippen molar-refractivity contribution in [3.63, 3.8) is 0 Å². The van der Waals surface area contributed by atoms with E-state index in [1.807, 2.05) is 18.2 Å². The van der Waals surface area contributed by atoms with Crippen molar-refractivity contribution in [3.05, 3.63) is 134 Å². The molecule has 0 amide bonds. The van der Waals surface area contributed by atoms with Crippen LogP contribution in [0.5, 0.6) is 0 Å². The van der Waals surface area contributed by atoms with Crippen LogP contribution in [0, 0.1) is 0 Å². The van der Waals surface area contributed by atoms with Gasteiger partial charge in [-0.05, 0) is 109 Å². The summed E-state index contributed by atoms with van der Waals surface area (Å²) >= 11 is 0. The number of phosphoric acid groups is 2. The number of unbranched alkanes of at least 4 members (excludes halogenated alkanes) is 27. The predicted octanol–water partition coefficient (Wildman–Crippen LogP) is 23.7. The van der Waals surface area contributed by atoms with E-state index in [4.69, 9.17) is 37.0 Å². The molecule has 5 unspecified atom stereocenters. The zero-order valence-electron chi connectivity index (χ0n) is 65.2. The van der Waals surface area contributed by atoms with Gasteiger partial charge in [-0.15, -0.1) is 0 Å². The molecule has 0 heterocycles. The highest BCUT2D eigenvalue weighted by atomic mass is 31.2. The number of carbonyl (C=O) groups excluding carboxylic acids is 4. The van der Waals surface area contributed by atoms with Crippen molar-refractivity contribution in [2.45, 2.75) is 341 Å². The van der Waals surface area contributed by atoms with Gasteiger partial charge in [0.05, 0.1) is 26.4 Å². The van der Waals surface area contributed by atoms with E-state index in [0.29, 0.717) is 32.1 Å². The standard InChI is InChI=1S/C85H144O17P2/c1-5-9-13-17-21-25-29-33-35-37-39-41-43-47-49-53-57-61-65-69-82(87)95-75-80(101-84(89)71-67-63-59-55-51-45-31-27-23-19-15-11-7-3)77-99-103(91,92)97-73-79(86)74-98-104(93,94)100-78-81(102-85(90)72-68-64-60-56-52-46-32-28-24-20-16-12-8-4)76-96-83(88)70-66-62-58-54-50-48-44-42-40-38-36-34-30-26-22-18-14-10-6-2/h9-10,13-14,21-22,25-26,33-36,39-42,47-50,57,61,79-81,86H,5-8,11-12,15-20,23-24,27-32,37-38,43-46,51-56,58-60,62-78H2,1-4H3,(H,91,92)(H,93,94)/b13-9-,14-10-,25-21-,26-22-,35-33-,36-34-,41-39-,42-40-,49-47-,50-48-,61-57-. The lowest BCUT2D eigenvalue weighted by atomic mass is 10.0. The van der Waals surface area contributed by atoms with Crippen LogP contribution in [-0.2, 0) is 65.4 Å². The zero-order chi connectivity index (χ0) is 76.0. The van der Waals surface area contributed by atoms with Gasteiger partial charge in [0.1, 0.15) is 19.3 Å². The SMILES string of the molecule is CC/C=C\C/C=C\C/C=C\C/C=C\C/C=C\C/C=C\CCC(=O)OCC(COP(=O)(O)OCC(O)COP(=O)(O)OCC(COC(=O)CCCCC/C=C\C/C=C\C/C=C\C/C=C\C/C=C\CC)OC(=O)CCCCCCCCCCCCCCC)OC(=O)CCCCCCCCCCCCCCC. The molecule has 0 aliphatic rings. The first-order valence-corrected chi connectivity index (χ1v) is 43.4. The Morgan fingerprint density at radius 1 is 0.279 bits per heavy atom. The van der Waals surface area contributed by atoms with Crippen LogP contribution in [-0.4, -0.2) is 96.7 Å². The lowest BCUT2D eigenvalue weighted by Crippen LogP contribution is -2.30. The van der Waals surface area contributed by atoms with Crippen molar-refractivity contribution in [1.29, 1.82) is 0 Å². The van der Waals surface area contributed by atoms with Gasteiger partial charge in [-0.3, -0.25) is 37.3 Å². The van der Waals surface area contributed by atoms with Crippen LogP contribution in [0.15, 0.2) is 134 Å². The first kappa shape index (κ1) is 99.2. The summed E-state index contributed by atoms with van der Waals surface area (Å²) in [4.78, 5) is 73.0. The predicted molar refractivity (Wildman–Crippen MR) is 427 cm³/mol. The number of hydrogen-bond acceptors (Lipinski definition) is 15. The number of aliphatic hydroxyl groups excluding tert-OH is 1. The third-order valence-corrected chi connectivity index (χ3v) is 18.6. The van der Waals surface area contributed by atoms with E-state index >= 15 is 0 Å². The van der Waals surface area contributed by atoms with E-state index in [1.54, 1.807) is 0 Å². The Balaban J connectivity index is 5.41. The maximum atomic E-state index is 13.1. The van der Waals surface area contributed by atoms with Gasteiger partial charge in [-0.2, -0.15) is 0 Å². The molecule has 0 fully saturated rings. The Morgan fingerprint density at radius 3 is 0.827 bits per heavy atom. The number of carbonyl (C=O) groups is 4. The van der Waals surface area contributed by atoms with Gasteiger partial charge in [0.2, 0.25) is 0 Å². The van der Waals surface area contributed by atoms with Crippen LogP contribution in [0.4, 0.5) is 0 Å². The monoisotopic (exact) mass is 1500 g/mol. The van der Waals surface area contributed by atoms with E-state index in [2.05, 4.69) is 143 Å². The molecule has 0 rings (SSSR count). The Kier molecular flexibility index (Phi) is 72.9. The molecular weight excluding hydrogens is 1350 g/mol. The van der Waals surface area contributed by atoms with Crippen molar-refractivity contribution in [2.75, 3.05) is 39.6 Å². The third-order valence-electron chi connectivity index (χ3n) is 16.7. The Labute approximate surface area is 631 Å². The average molecular weight is 1500 g/mol. The summed E-state index contributed by atoms with van der Waals surface area (Å²) in [5, 5.41) is 10.6.